The van der Waals surface area contributed by atoms with Crippen LogP contribution < -0.4 is 10.2 Å². The minimum absolute atomic E-state index is 0.0265. The van der Waals surface area contributed by atoms with Gasteiger partial charge in [-0.1, -0.05) is 0 Å². The molecular weight excluding hydrogens is 242 g/mol. The Morgan fingerprint density at radius 1 is 1.28 bits per heavy atom. The summed E-state index contributed by atoms with van der Waals surface area (Å²) in [6.07, 6.45) is 0.590. The molecule has 96 valence electrons. The van der Waals surface area contributed by atoms with E-state index in [9.17, 15) is 18.4 Å². The zero-order valence-corrected chi connectivity index (χ0v) is 9.80. The maximum atomic E-state index is 13.5. The molecule has 1 aromatic rings. The molecule has 1 N–H and O–H groups in total. The summed E-state index contributed by atoms with van der Waals surface area (Å²) in [5.41, 5.74) is -0.301. The second kappa shape index (κ2) is 4.81. The molecule has 6 heteroatoms. The highest BCUT2D eigenvalue weighted by Gasteiger charge is 2.38. The fourth-order valence-electron chi connectivity index (χ4n) is 1.97. The number of fused-ring (bicyclic) bond motifs is 1. The van der Waals surface area contributed by atoms with Crippen LogP contribution in [0, 0.1) is 11.6 Å². The average Bonchev–Trinajstić information content (AvgIpc) is 2.54. The first-order valence-electron chi connectivity index (χ1n) is 5.56. The van der Waals surface area contributed by atoms with Gasteiger partial charge < -0.3 is 10.2 Å². The SMILES string of the molecule is CNCCCN1C(=O)C(=O)c2c(F)cc(F)cc21. The first-order valence-corrected chi connectivity index (χ1v) is 5.56. The van der Waals surface area contributed by atoms with Gasteiger partial charge in [-0.25, -0.2) is 8.78 Å². The fraction of sp³-hybridized carbons (Fsp3) is 0.333. The molecule has 2 rings (SSSR count). The Hall–Kier alpha value is -1.82. The van der Waals surface area contributed by atoms with Crippen LogP contribution in [0.15, 0.2) is 12.1 Å². The van der Waals surface area contributed by atoms with Gasteiger partial charge in [-0.05, 0) is 26.1 Å². The van der Waals surface area contributed by atoms with Crippen LogP contribution in [0.4, 0.5) is 14.5 Å². The molecule has 1 heterocycles. The highest BCUT2D eigenvalue weighted by Crippen LogP contribution is 2.31. The van der Waals surface area contributed by atoms with Gasteiger partial charge in [-0.3, -0.25) is 9.59 Å². The van der Waals surface area contributed by atoms with E-state index in [-0.39, 0.29) is 17.8 Å². The van der Waals surface area contributed by atoms with Crippen LogP contribution in [0.1, 0.15) is 16.8 Å². The van der Waals surface area contributed by atoms with E-state index in [1.54, 1.807) is 7.05 Å². The number of Topliss-reactive ketones (excluding diaryl/α,β-unsaturated/α-hetero) is 1. The maximum Gasteiger partial charge on any atom is 0.299 e. The summed E-state index contributed by atoms with van der Waals surface area (Å²) < 4.78 is 26.6. The number of rotatable bonds is 4. The van der Waals surface area contributed by atoms with E-state index in [1.165, 1.54) is 0 Å². The molecule has 0 fully saturated rings. The lowest BCUT2D eigenvalue weighted by molar-refractivity contribution is -0.114. The van der Waals surface area contributed by atoms with Crippen molar-refractivity contribution in [1.82, 2.24) is 5.32 Å². The third-order valence-corrected chi connectivity index (χ3v) is 2.80. The molecule has 0 bridgehead atoms. The quantitative estimate of drug-likeness (QED) is 0.646. The second-order valence-electron chi connectivity index (χ2n) is 4.02. The Balaban J connectivity index is 2.35. The molecule has 1 aliphatic heterocycles. The fourth-order valence-corrected chi connectivity index (χ4v) is 1.97. The molecular formula is C12H12F2N2O2. The second-order valence-corrected chi connectivity index (χ2v) is 4.02. The Labute approximate surface area is 103 Å². The van der Waals surface area contributed by atoms with Crippen molar-refractivity contribution >= 4 is 17.4 Å². The topological polar surface area (TPSA) is 49.4 Å². The highest BCUT2D eigenvalue weighted by atomic mass is 19.1. The molecule has 1 amide bonds. The number of hydrogen-bond acceptors (Lipinski definition) is 3. The van der Waals surface area contributed by atoms with Gasteiger partial charge in [0.15, 0.2) is 0 Å². The van der Waals surface area contributed by atoms with Gasteiger partial charge >= 0.3 is 0 Å². The maximum absolute atomic E-state index is 13.5. The number of anilines is 1. The molecule has 0 aliphatic carbocycles. The number of carbonyl (C=O) groups is 2. The lowest BCUT2D eigenvalue weighted by Gasteiger charge is -2.16. The van der Waals surface area contributed by atoms with Crippen LogP contribution in [-0.4, -0.2) is 31.8 Å². The summed E-state index contributed by atoms with van der Waals surface area (Å²) in [5, 5.41) is 2.89. The van der Waals surface area contributed by atoms with Crippen molar-refractivity contribution in [2.24, 2.45) is 0 Å². The molecule has 0 radical (unpaired) electrons. The van der Waals surface area contributed by atoms with Gasteiger partial charge in [-0.2, -0.15) is 0 Å². The van der Waals surface area contributed by atoms with Crippen molar-refractivity contribution in [3.8, 4) is 0 Å². The van der Waals surface area contributed by atoms with Gasteiger partial charge in [0.05, 0.1) is 11.3 Å². The molecule has 0 atom stereocenters. The van der Waals surface area contributed by atoms with Crippen molar-refractivity contribution < 1.29 is 18.4 Å². The van der Waals surface area contributed by atoms with Crippen molar-refractivity contribution in [2.75, 3.05) is 25.0 Å². The van der Waals surface area contributed by atoms with Crippen LogP contribution in [0.25, 0.3) is 0 Å². The number of halogens is 2. The third-order valence-electron chi connectivity index (χ3n) is 2.80. The van der Waals surface area contributed by atoms with Crippen LogP contribution in [0.3, 0.4) is 0 Å². The van der Waals surface area contributed by atoms with Crippen LogP contribution in [-0.2, 0) is 4.79 Å². The summed E-state index contributed by atoms with van der Waals surface area (Å²) in [5.74, 6) is -3.50. The molecule has 1 aromatic carbocycles. The molecule has 0 spiro atoms. The summed E-state index contributed by atoms with van der Waals surface area (Å²) in [6, 6.07) is 1.63. The molecule has 0 aromatic heterocycles. The first kappa shape index (κ1) is 12.6. The first-order chi connectivity index (χ1) is 8.56. The number of ketones is 1. The van der Waals surface area contributed by atoms with E-state index in [4.69, 9.17) is 0 Å². The van der Waals surface area contributed by atoms with E-state index < -0.39 is 23.3 Å². The Morgan fingerprint density at radius 2 is 2.00 bits per heavy atom. The lowest BCUT2D eigenvalue weighted by Crippen LogP contribution is -2.32. The van der Waals surface area contributed by atoms with Crippen LogP contribution >= 0.6 is 0 Å². The van der Waals surface area contributed by atoms with E-state index in [2.05, 4.69) is 5.32 Å². The summed E-state index contributed by atoms with van der Waals surface area (Å²) in [7, 11) is 1.75. The minimum atomic E-state index is -0.987. The zero-order valence-electron chi connectivity index (χ0n) is 9.80. The Kier molecular flexibility index (Phi) is 3.38. The Bertz CT molecular complexity index is 517. The number of carbonyl (C=O) groups excluding carboxylic acids is 2. The summed E-state index contributed by atoms with van der Waals surface area (Å²) in [4.78, 5) is 24.4. The molecule has 0 unspecified atom stereocenters. The van der Waals surface area contributed by atoms with E-state index in [0.717, 1.165) is 11.0 Å². The van der Waals surface area contributed by atoms with Gasteiger partial charge in [0.2, 0.25) is 0 Å². The normalized spacial score (nSPS) is 14.3. The van der Waals surface area contributed by atoms with E-state index in [0.29, 0.717) is 19.0 Å². The molecule has 4 nitrogen and oxygen atoms in total. The van der Waals surface area contributed by atoms with Gasteiger partial charge in [0.1, 0.15) is 11.6 Å². The highest BCUT2D eigenvalue weighted by molar-refractivity contribution is 6.52. The third kappa shape index (κ3) is 1.99. The Morgan fingerprint density at radius 3 is 2.67 bits per heavy atom. The van der Waals surface area contributed by atoms with Gasteiger partial charge in [0.25, 0.3) is 11.7 Å². The van der Waals surface area contributed by atoms with Crippen LogP contribution in [0.5, 0.6) is 0 Å². The number of amides is 1. The van der Waals surface area contributed by atoms with Crippen molar-refractivity contribution in [3.05, 3.63) is 29.3 Å². The van der Waals surface area contributed by atoms with E-state index in [1.807, 2.05) is 0 Å². The van der Waals surface area contributed by atoms with E-state index >= 15 is 0 Å². The standard InChI is InChI=1S/C12H12F2N2O2/c1-15-3-2-4-16-9-6-7(13)5-8(14)10(9)11(17)12(16)18/h5-6,15H,2-4H2,1H3. The molecule has 0 saturated carbocycles. The van der Waals surface area contributed by atoms with Crippen molar-refractivity contribution in [1.29, 1.82) is 0 Å². The average molecular weight is 254 g/mol. The number of benzene rings is 1. The summed E-state index contributed by atoms with van der Waals surface area (Å²) >= 11 is 0. The van der Waals surface area contributed by atoms with Gasteiger partial charge in [0, 0.05) is 12.6 Å². The molecule has 18 heavy (non-hydrogen) atoms. The smallest absolute Gasteiger partial charge is 0.299 e. The van der Waals surface area contributed by atoms with Crippen LogP contribution in [0.2, 0.25) is 0 Å². The molecule has 0 saturated heterocycles. The lowest BCUT2D eigenvalue weighted by atomic mass is 10.1. The number of nitrogens with zero attached hydrogens (tertiary/aromatic N) is 1. The van der Waals surface area contributed by atoms with Gasteiger partial charge in [-0.15, -0.1) is 0 Å². The van der Waals surface area contributed by atoms with Crippen molar-refractivity contribution in [3.63, 3.8) is 0 Å². The largest absolute Gasteiger partial charge is 0.320 e. The predicted molar refractivity (Wildman–Crippen MR) is 61.6 cm³/mol. The number of nitrogens with one attached hydrogen (secondary N) is 1. The predicted octanol–water partition coefficient (Wildman–Crippen LogP) is 1.10. The molecule has 1 aliphatic rings. The van der Waals surface area contributed by atoms with Crippen molar-refractivity contribution in [2.45, 2.75) is 6.42 Å². The number of hydrogen-bond donors (Lipinski definition) is 1. The summed E-state index contributed by atoms with van der Waals surface area (Å²) in [6.45, 7) is 0.895. The zero-order chi connectivity index (χ0) is 13.3. The minimum Gasteiger partial charge on any atom is -0.320 e. The monoisotopic (exact) mass is 254 g/mol.